The van der Waals surface area contributed by atoms with E-state index >= 15 is 0 Å². The number of ether oxygens (including phenoxy) is 1. The van der Waals surface area contributed by atoms with Crippen molar-refractivity contribution in [1.82, 2.24) is 14.8 Å². The molecular formula is C21H22BrN3OS. The first-order valence-electron chi connectivity index (χ1n) is 8.67. The van der Waals surface area contributed by atoms with Gasteiger partial charge in [-0.15, -0.1) is 16.8 Å². The zero-order valence-electron chi connectivity index (χ0n) is 15.5. The number of hydrogen-bond donors (Lipinski definition) is 0. The molecule has 2 aromatic carbocycles. The summed E-state index contributed by atoms with van der Waals surface area (Å²) < 4.78 is 9.12. The van der Waals surface area contributed by atoms with Crippen molar-refractivity contribution in [2.75, 3.05) is 0 Å². The van der Waals surface area contributed by atoms with Crippen LogP contribution in [-0.4, -0.2) is 14.8 Å². The summed E-state index contributed by atoms with van der Waals surface area (Å²) in [5, 5.41) is 9.56. The van der Waals surface area contributed by atoms with Crippen molar-refractivity contribution in [1.29, 1.82) is 0 Å². The molecule has 3 aromatic rings. The van der Waals surface area contributed by atoms with Crippen molar-refractivity contribution in [3.63, 3.8) is 0 Å². The SMILES string of the molecule is C=CCn1c(COc2ccc(C)cc2C)nnc1SCc1ccc(Br)cc1. The Morgan fingerprint density at radius 1 is 1.15 bits per heavy atom. The molecule has 0 unspecified atom stereocenters. The average Bonchev–Trinajstić information content (AvgIpc) is 3.03. The van der Waals surface area contributed by atoms with Gasteiger partial charge in [0.05, 0.1) is 0 Å². The van der Waals surface area contributed by atoms with E-state index in [0.29, 0.717) is 13.2 Å². The van der Waals surface area contributed by atoms with Crippen LogP contribution in [0.2, 0.25) is 0 Å². The van der Waals surface area contributed by atoms with E-state index in [4.69, 9.17) is 4.74 Å². The van der Waals surface area contributed by atoms with E-state index in [-0.39, 0.29) is 0 Å². The van der Waals surface area contributed by atoms with Gasteiger partial charge in [-0.05, 0) is 43.2 Å². The number of nitrogens with zero attached hydrogens (tertiary/aromatic N) is 3. The van der Waals surface area contributed by atoms with Crippen LogP contribution in [0.15, 0.2) is 64.7 Å². The summed E-state index contributed by atoms with van der Waals surface area (Å²) in [5.41, 5.74) is 3.58. The minimum absolute atomic E-state index is 0.379. The van der Waals surface area contributed by atoms with Crippen molar-refractivity contribution in [2.24, 2.45) is 0 Å². The number of allylic oxidation sites excluding steroid dienone is 1. The van der Waals surface area contributed by atoms with E-state index in [1.54, 1.807) is 11.8 Å². The Bertz CT molecular complexity index is 922. The average molecular weight is 444 g/mol. The minimum atomic E-state index is 0.379. The predicted molar refractivity (Wildman–Crippen MR) is 114 cm³/mol. The smallest absolute Gasteiger partial charge is 0.191 e. The van der Waals surface area contributed by atoms with Gasteiger partial charge in [0, 0.05) is 16.8 Å². The predicted octanol–water partition coefficient (Wildman–Crippen LogP) is 5.71. The molecule has 0 amide bonds. The molecule has 0 aliphatic rings. The van der Waals surface area contributed by atoms with Crippen molar-refractivity contribution in [2.45, 2.75) is 37.9 Å². The molecule has 0 spiro atoms. The molecule has 0 saturated carbocycles. The first kappa shape index (κ1) is 19.7. The van der Waals surface area contributed by atoms with Crippen LogP contribution in [0.25, 0.3) is 0 Å². The highest BCUT2D eigenvalue weighted by Gasteiger charge is 2.13. The zero-order chi connectivity index (χ0) is 19.2. The Balaban J connectivity index is 1.70. The van der Waals surface area contributed by atoms with E-state index in [9.17, 15) is 0 Å². The first-order valence-corrected chi connectivity index (χ1v) is 10.4. The molecular weight excluding hydrogens is 422 g/mol. The highest BCUT2D eigenvalue weighted by atomic mass is 79.9. The monoisotopic (exact) mass is 443 g/mol. The summed E-state index contributed by atoms with van der Waals surface area (Å²) in [6, 6.07) is 14.5. The largest absolute Gasteiger partial charge is 0.485 e. The lowest BCUT2D eigenvalue weighted by molar-refractivity contribution is 0.287. The Morgan fingerprint density at radius 3 is 2.63 bits per heavy atom. The maximum Gasteiger partial charge on any atom is 0.191 e. The molecule has 27 heavy (non-hydrogen) atoms. The Labute approximate surface area is 172 Å². The zero-order valence-corrected chi connectivity index (χ0v) is 17.9. The molecule has 0 radical (unpaired) electrons. The summed E-state index contributed by atoms with van der Waals surface area (Å²) in [5.74, 6) is 2.51. The molecule has 1 heterocycles. The van der Waals surface area contributed by atoms with Crippen LogP contribution in [0.3, 0.4) is 0 Å². The highest BCUT2D eigenvalue weighted by molar-refractivity contribution is 9.10. The second-order valence-corrected chi connectivity index (χ2v) is 8.13. The standard InChI is InChI=1S/C21H22BrN3OS/c1-4-11-25-20(13-26-19-10-5-15(2)12-16(19)3)23-24-21(25)27-14-17-6-8-18(22)9-7-17/h4-10,12H,1,11,13-14H2,2-3H3. The van der Waals surface area contributed by atoms with Crippen molar-refractivity contribution in [3.8, 4) is 5.75 Å². The molecule has 0 bridgehead atoms. The van der Waals surface area contributed by atoms with Crippen molar-refractivity contribution in [3.05, 3.63) is 82.1 Å². The minimum Gasteiger partial charge on any atom is -0.485 e. The summed E-state index contributed by atoms with van der Waals surface area (Å²) in [4.78, 5) is 0. The molecule has 140 valence electrons. The topological polar surface area (TPSA) is 39.9 Å². The van der Waals surface area contributed by atoms with Gasteiger partial charge < -0.3 is 4.74 Å². The fraction of sp³-hybridized carbons (Fsp3) is 0.238. The van der Waals surface area contributed by atoms with Gasteiger partial charge in [-0.3, -0.25) is 4.57 Å². The van der Waals surface area contributed by atoms with Crippen LogP contribution < -0.4 is 4.74 Å². The molecule has 0 aliphatic carbocycles. The lowest BCUT2D eigenvalue weighted by atomic mass is 10.1. The van der Waals surface area contributed by atoms with E-state index in [2.05, 4.69) is 75.4 Å². The summed E-state index contributed by atoms with van der Waals surface area (Å²) in [7, 11) is 0. The van der Waals surface area contributed by atoms with Crippen molar-refractivity contribution < 1.29 is 4.74 Å². The van der Waals surface area contributed by atoms with Crippen LogP contribution in [0, 0.1) is 13.8 Å². The first-order chi connectivity index (χ1) is 13.1. The number of aromatic nitrogens is 3. The van der Waals surface area contributed by atoms with Gasteiger partial charge in [0.1, 0.15) is 12.4 Å². The Morgan fingerprint density at radius 2 is 1.93 bits per heavy atom. The molecule has 0 atom stereocenters. The lowest BCUT2D eigenvalue weighted by Gasteiger charge is -2.11. The van der Waals surface area contributed by atoms with Gasteiger partial charge in [0.25, 0.3) is 0 Å². The fourth-order valence-corrected chi connectivity index (χ4v) is 3.86. The molecule has 0 saturated heterocycles. The molecule has 0 aliphatic heterocycles. The number of benzene rings is 2. The third-order valence-electron chi connectivity index (χ3n) is 4.07. The number of halogens is 1. The maximum atomic E-state index is 5.98. The number of aryl methyl sites for hydroxylation is 2. The van der Waals surface area contributed by atoms with Gasteiger partial charge >= 0.3 is 0 Å². The number of thioether (sulfide) groups is 1. The molecule has 1 aromatic heterocycles. The summed E-state index contributed by atoms with van der Waals surface area (Å²) in [6.07, 6.45) is 1.85. The molecule has 3 rings (SSSR count). The lowest BCUT2D eigenvalue weighted by Crippen LogP contribution is -2.08. The van der Waals surface area contributed by atoms with Crippen LogP contribution in [0.4, 0.5) is 0 Å². The quantitative estimate of drug-likeness (QED) is 0.329. The van der Waals surface area contributed by atoms with Crippen LogP contribution in [0.1, 0.15) is 22.5 Å². The van der Waals surface area contributed by atoms with Gasteiger partial charge in [-0.25, -0.2) is 0 Å². The van der Waals surface area contributed by atoms with E-state index < -0.39 is 0 Å². The van der Waals surface area contributed by atoms with Gasteiger partial charge in [0.15, 0.2) is 11.0 Å². The highest BCUT2D eigenvalue weighted by Crippen LogP contribution is 2.24. The van der Waals surface area contributed by atoms with E-state index in [1.165, 1.54) is 11.1 Å². The van der Waals surface area contributed by atoms with Gasteiger partial charge in [-0.1, -0.05) is 63.6 Å². The second-order valence-electron chi connectivity index (χ2n) is 6.27. The number of hydrogen-bond acceptors (Lipinski definition) is 4. The van der Waals surface area contributed by atoms with Crippen molar-refractivity contribution >= 4 is 27.7 Å². The molecule has 0 N–H and O–H groups in total. The maximum absolute atomic E-state index is 5.98. The van der Waals surface area contributed by atoms with Crippen LogP contribution in [-0.2, 0) is 18.9 Å². The molecule has 6 heteroatoms. The van der Waals surface area contributed by atoms with Gasteiger partial charge in [-0.2, -0.15) is 0 Å². The summed E-state index contributed by atoms with van der Waals surface area (Å²) in [6.45, 7) is 9.02. The molecule has 4 nitrogen and oxygen atoms in total. The Hall–Kier alpha value is -2.05. The van der Waals surface area contributed by atoms with Crippen LogP contribution >= 0.6 is 27.7 Å². The molecule has 0 fully saturated rings. The Kier molecular flexibility index (Phi) is 6.74. The van der Waals surface area contributed by atoms with Gasteiger partial charge in [0.2, 0.25) is 0 Å². The normalized spacial score (nSPS) is 10.8. The van der Waals surface area contributed by atoms with E-state index in [0.717, 1.165) is 32.5 Å². The second kappa shape index (κ2) is 9.24. The third-order valence-corrected chi connectivity index (χ3v) is 5.64. The third kappa shape index (κ3) is 5.23. The number of rotatable bonds is 8. The van der Waals surface area contributed by atoms with E-state index in [1.807, 2.05) is 24.3 Å². The summed E-state index contributed by atoms with van der Waals surface area (Å²) >= 11 is 5.13. The fourth-order valence-electron chi connectivity index (χ4n) is 2.68. The van der Waals surface area contributed by atoms with Crippen LogP contribution in [0.5, 0.6) is 5.75 Å².